The summed E-state index contributed by atoms with van der Waals surface area (Å²) >= 11 is 2.07. The molecule has 1 aliphatic rings. The predicted octanol–water partition coefficient (Wildman–Crippen LogP) is 2.91. The lowest BCUT2D eigenvalue weighted by molar-refractivity contribution is 0.646. The zero-order valence-electron chi connectivity index (χ0n) is 11.3. The second-order valence-corrected chi connectivity index (χ2v) is 6.22. The molecule has 1 heterocycles. The van der Waals surface area contributed by atoms with E-state index in [2.05, 4.69) is 47.9 Å². The third-order valence-corrected chi connectivity index (χ3v) is 4.59. The average Bonchev–Trinajstić information content (AvgIpc) is 2.68. The Morgan fingerprint density at radius 3 is 2.72 bits per heavy atom. The Labute approximate surface area is 115 Å². The number of hydrogen-bond acceptors (Lipinski definition) is 3. The molecule has 1 unspecified atom stereocenters. The summed E-state index contributed by atoms with van der Waals surface area (Å²) in [5.41, 5.74) is 8.72. The molecule has 1 atom stereocenters. The maximum Gasteiger partial charge on any atom is 0.0366 e. The van der Waals surface area contributed by atoms with Crippen molar-refractivity contribution in [3.63, 3.8) is 0 Å². The van der Waals surface area contributed by atoms with Crippen molar-refractivity contribution in [3.8, 4) is 0 Å². The summed E-state index contributed by atoms with van der Waals surface area (Å²) in [6, 6.07) is 9.29. The molecule has 1 aromatic carbocycles. The fourth-order valence-electron chi connectivity index (χ4n) is 2.29. The van der Waals surface area contributed by atoms with Gasteiger partial charge in [-0.15, -0.1) is 0 Å². The number of thioether (sulfide) groups is 1. The molecule has 2 rings (SSSR count). The van der Waals surface area contributed by atoms with Gasteiger partial charge in [0, 0.05) is 30.6 Å². The minimum Gasteiger partial charge on any atom is -0.371 e. The summed E-state index contributed by atoms with van der Waals surface area (Å²) in [5, 5.41) is 0. The number of nitrogens with two attached hydrogens (primary N) is 1. The molecule has 3 heteroatoms. The summed E-state index contributed by atoms with van der Waals surface area (Å²) in [5.74, 6) is 2.56. The smallest absolute Gasteiger partial charge is 0.0366 e. The fourth-order valence-corrected chi connectivity index (χ4v) is 3.18. The summed E-state index contributed by atoms with van der Waals surface area (Å²) < 4.78 is 0. The van der Waals surface area contributed by atoms with Gasteiger partial charge in [-0.05, 0) is 42.7 Å². The first-order valence-corrected chi connectivity index (χ1v) is 8.12. The molecule has 0 bridgehead atoms. The van der Waals surface area contributed by atoms with Gasteiger partial charge in [-0.1, -0.05) is 19.1 Å². The third kappa shape index (κ3) is 3.92. The number of rotatable bonds is 4. The maximum atomic E-state index is 5.99. The van der Waals surface area contributed by atoms with Gasteiger partial charge in [-0.3, -0.25) is 0 Å². The molecule has 1 saturated heterocycles. The van der Waals surface area contributed by atoms with Gasteiger partial charge < -0.3 is 10.6 Å². The van der Waals surface area contributed by atoms with Crippen molar-refractivity contribution in [3.05, 3.63) is 29.8 Å². The van der Waals surface area contributed by atoms with Gasteiger partial charge in [-0.25, -0.2) is 0 Å². The minimum atomic E-state index is 0.297. The number of hydrogen-bond donors (Lipinski definition) is 1. The fraction of sp³-hybridized carbons (Fsp3) is 0.600. The van der Waals surface area contributed by atoms with Crippen molar-refractivity contribution in [1.29, 1.82) is 0 Å². The highest BCUT2D eigenvalue weighted by molar-refractivity contribution is 7.99. The molecule has 0 radical (unpaired) electrons. The largest absolute Gasteiger partial charge is 0.371 e. The molecule has 2 N–H and O–H groups in total. The summed E-state index contributed by atoms with van der Waals surface area (Å²) in [4.78, 5) is 2.50. The van der Waals surface area contributed by atoms with E-state index >= 15 is 0 Å². The van der Waals surface area contributed by atoms with E-state index in [0.29, 0.717) is 6.04 Å². The summed E-state index contributed by atoms with van der Waals surface area (Å²) in [6.45, 7) is 4.52. The summed E-state index contributed by atoms with van der Waals surface area (Å²) in [7, 11) is 0. The Balaban J connectivity index is 1.97. The van der Waals surface area contributed by atoms with Crippen molar-refractivity contribution in [2.45, 2.75) is 32.2 Å². The highest BCUT2D eigenvalue weighted by Crippen LogP contribution is 2.20. The van der Waals surface area contributed by atoms with Crippen molar-refractivity contribution in [2.24, 2.45) is 5.73 Å². The van der Waals surface area contributed by atoms with E-state index in [1.165, 1.54) is 42.3 Å². The predicted molar refractivity (Wildman–Crippen MR) is 82.6 cm³/mol. The van der Waals surface area contributed by atoms with Crippen LogP contribution < -0.4 is 10.6 Å². The van der Waals surface area contributed by atoms with E-state index in [1.54, 1.807) is 0 Å². The molecule has 2 nitrogen and oxygen atoms in total. The zero-order valence-corrected chi connectivity index (χ0v) is 12.1. The molecule has 0 spiro atoms. The van der Waals surface area contributed by atoms with Crippen LogP contribution >= 0.6 is 11.8 Å². The first kappa shape index (κ1) is 13.8. The van der Waals surface area contributed by atoms with Crippen molar-refractivity contribution >= 4 is 17.4 Å². The lowest BCUT2D eigenvalue weighted by Crippen LogP contribution is -2.25. The van der Waals surface area contributed by atoms with Crippen LogP contribution in [0.5, 0.6) is 0 Å². The molecule has 0 amide bonds. The lowest BCUT2D eigenvalue weighted by atomic mass is 10.0. The lowest BCUT2D eigenvalue weighted by Gasteiger charge is -2.22. The SMILES string of the molecule is CCC(N)Cc1ccc(N2CCCSCC2)cc1. The maximum absolute atomic E-state index is 5.99. The van der Waals surface area contributed by atoms with Crippen LogP contribution in [-0.4, -0.2) is 30.6 Å². The zero-order chi connectivity index (χ0) is 12.8. The second-order valence-electron chi connectivity index (χ2n) is 4.99. The van der Waals surface area contributed by atoms with E-state index < -0.39 is 0 Å². The van der Waals surface area contributed by atoms with Gasteiger partial charge in [0.05, 0.1) is 0 Å². The first-order valence-electron chi connectivity index (χ1n) is 6.97. The average molecular weight is 264 g/mol. The van der Waals surface area contributed by atoms with Crippen LogP contribution in [0.1, 0.15) is 25.3 Å². The molecule has 1 aromatic rings. The Morgan fingerprint density at radius 2 is 2.00 bits per heavy atom. The van der Waals surface area contributed by atoms with Crippen LogP contribution in [-0.2, 0) is 6.42 Å². The Bertz CT molecular complexity index is 342. The van der Waals surface area contributed by atoms with Crippen molar-refractivity contribution in [2.75, 3.05) is 29.5 Å². The van der Waals surface area contributed by atoms with Gasteiger partial charge in [0.15, 0.2) is 0 Å². The van der Waals surface area contributed by atoms with E-state index in [4.69, 9.17) is 5.73 Å². The standard InChI is InChI=1S/C15H24N2S/c1-2-14(16)12-13-4-6-15(7-5-13)17-8-3-10-18-11-9-17/h4-7,14H,2-3,8-12,16H2,1H3. The summed E-state index contributed by atoms with van der Waals surface area (Å²) in [6.07, 6.45) is 3.34. The molecule has 1 aliphatic heterocycles. The van der Waals surface area contributed by atoms with Crippen LogP contribution in [0, 0.1) is 0 Å². The van der Waals surface area contributed by atoms with Crippen molar-refractivity contribution < 1.29 is 0 Å². The quantitative estimate of drug-likeness (QED) is 0.906. The minimum absolute atomic E-state index is 0.297. The van der Waals surface area contributed by atoms with Crippen molar-refractivity contribution in [1.82, 2.24) is 0 Å². The molecule has 100 valence electrons. The van der Waals surface area contributed by atoms with Crippen LogP contribution in [0.3, 0.4) is 0 Å². The van der Waals surface area contributed by atoms with Crippen LogP contribution in [0.25, 0.3) is 0 Å². The number of nitrogens with zero attached hydrogens (tertiary/aromatic N) is 1. The van der Waals surface area contributed by atoms with E-state index in [1.807, 2.05) is 0 Å². The van der Waals surface area contributed by atoms with Gasteiger partial charge in [0.2, 0.25) is 0 Å². The normalized spacial score (nSPS) is 18.4. The highest BCUT2D eigenvalue weighted by Gasteiger charge is 2.10. The van der Waals surface area contributed by atoms with Gasteiger partial charge >= 0.3 is 0 Å². The van der Waals surface area contributed by atoms with E-state index in [0.717, 1.165) is 12.8 Å². The Hall–Kier alpha value is -0.670. The molecular formula is C15H24N2S. The topological polar surface area (TPSA) is 29.3 Å². The Kier molecular flexibility index (Phi) is 5.39. The van der Waals surface area contributed by atoms with Gasteiger partial charge in [0.1, 0.15) is 0 Å². The van der Waals surface area contributed by atoms with Gasteiger partial charge in [0.25, 0.3) is 0 Å². The third-order valence-electron chi connectivity index (χ3n) is 3.55. The van der Waals surface area contributed by atoms with E-state index in [-0.39, 0.29) is 0 Å². The van der Waals surface area contributed by atoms with Crippen LogP contribution in [0.4, 0.5) is 5.69 Å². The van der Waals surface area contributed by atoms with Crippen LogP contribution in [0.2, 0.25) is 0 Å². The molecule has 0 aromatic heterocycles. The monoisotopic (exact) mass is 264 g/mol. The van der Waals surface area contributed by atoms with Crippen LogP contribution in [0.15, 0.2) is 24.3 Å². The molecule has 0 aliphatic carbocycles. The molecule has 0 saturated carbocycles. The van der Waals surface area contributed by atoms with E-state index in [9.17, 15) is 0 Å². The number of anilines is 1. The molecule has 1 fully saturated rings. The number of benzene rings is 1. The molecule has 18 heavy (non-hydrogen) atoms. The molecular weight excluding hydrogens is 240 g/mol. The Morgan fingerprint density at radius 1 is 1.22 bits per heavy atom. The highest BCUT2D eigenvalue weighted by atomic mass is 32.2. The second kappa shape index (κ2) is 7.05. The van der Waals surface area contributed by atoms with Gasteiger partial charge in [-0.2, -0.15) is 11.8 Å². The first-order chi connectivity index (χ1) is 8.79.